The number of nitrogens with one attached hydrogen (secondary N) is 2. The number of urea groups is 1. The third-order valence-electron chi connectivity index (χ3n) is 5.52. The maximum absolute atomic E-state index is 14.1. The molecule has 2 N–H and O–H groups in total. The van der Waals surface area contributed by atoms with Crippen LogP contribution in [0.5, 0.6) is 0 Å². The maximum Gasteiger partial charge on any atom is 0.315 e. The SMILES string of the molecule is O=C(NC1Cc2nccn2C1)NC1CCc2nc(-c3ccc(F)cc3F)cn2C1. The van der Waals surface area contributed by atoms with Gasteiger partial charge >= 0.3 is 6.03 Å². The summed E-state index contributed by atoms with van der Waals surface area (Å²) in [7, 11) is 0. The van der Waals surface area contributed by atoms with Gasteiger partial charge in [-0.15, -0.1) is 0 Å². The molecule has 29 heavy (non-hydrogen) atoms. The molecule has 4 heterocycles. The molecule has 0 fully saturated rings. The van der Waals surface area contributed by atoms with E-state index >= 15 is 0 Å². The third kappa shape index (κ3) is 3.48. The third-order valence-corrected chi connectivity index (χ3v) is 5.52. The van der Waals surface area contributed by atoms with Crippen molar-refractivity contribution in [2.75, 3.05) is 0 Å². The van der Waals surface area contributed by atoms with Gasteiger partial charge in [0.15, 0.2) is 0 Å². The number of hydrogen-bond acceptors (Lipinski definition) is 3. The number of halogens is 2. The fraction of sp³-hybridized carbons (Fsp3) is 0.350. The van der Waals surface area contributed by atoms with E-state index < -0.39 is 11.6 Å². The molecule has 150 valence electrons. The molecule has 2 unspecified atom stereocenters. The number of imidazole rings is 2. The predicted octanol–water partition coefficient (Wildman–Crippen LogP) is 2.26. The molecule has 2 aliphatic rings. The number of fused-ring (bicyclic) bond motifs is 2. The molecule has 3 aromatic rings. The highest BCUT2D eigenvalue weighted by atomic mass is 19.1. The summed E-state index contributed by atoms with van der Waals surface area (Å²) in [4.78, 5) is 21.1. The van der Waals surface area contributed by atoms with E-state index in [2.05, 4.69) is 20.6 Å². The molecular formula is C20H20F2N6O. The van der Waals surface area contributed by atoms with Gasteiger partial charge in [-0.2, -0.15) is 0 Å². The first-order valence-corrected chi connectivity index (χ1v) is 9.63. The van der Waals surface area contributed by atoms with Crippen LogP contribution in [0.2, 0.25) is 0 Å². The van der Waals surface area contributed by atoms with E-state index in [0.29, 0.717) is 18.7 Å². The average Bonchev–Trinajstić information content (AvgIpc) is 3.35. The van der Waals surface area contributed by atoms with E-state index in [1.165, 1.54) is 12.1 Å². The molecule has 5 rings (SSSR count). The lowest BCUT2D eigenvalue weighted by Crippen LogP contribution is -2.49. The van der Waals surface area contributed by atoms with E-state index in [-0.39, 0.29) is 23.7 Å². The molecule has 7 nitrogen and oxygen atoms in total. The number of benzene rings is 1. The van der Waals surface area contributed by atoms with Gasteiger partial charge in [0.25, 0.3) is 0 Å². The summed E-state index contributed by atoms with van der Waals surface area (Å²) in [5.74, 6) is 0.572. The van der Waals surface area contributed by atoms with Crippen LogP contribution >= 0.6 is 0 Å². The van der Waals surface area contributed by atoms with Crippen molar-refractivity contribution in [3.63, 3.8) is 0 Å². The topological polar surface area (TPSA) is 76.8 Å². The van der Waals surface area contributed by atoms with Gasteiger partial charge < -0.3 is 19.8 Å². The Bertz CT molecular complexity index is 1050. The Morgan fingerprint density at radius 3 is 2.76 bits per heavy atom. The van der Waals surface area contributed by atoms with Crippen LogP contribution in [0, 0.1) is 11.6 Å². The van der Waals surface area contributed by atoms with Gasteiger partial charge in [-0.1, -0.05) is 0 Å². The minimum absolute atomic E-state index is 0.0407. The molecule has 0 spiro atoms. The van der Waals surface area contributed by atoms with Crippen LogP contribution in [-0.2, 0) is 25.9 Å². The monoisotopic (exact) mass is 398 g/mol. The molecule has 2 amide bonds. The van der Waals surface area contributed by atoms with Crippen LogP contribution in [0.3, 0.4) is 0 Å². The number of amides is 2. The standard InChI is InChI=1S/C20H20F2N6O/c21-12-1-3-15(16(22)7-12)17-11-28-9-13(2-4-18(28)26-17)24-20(29)25-14-8-19-23-5-6-27(19)10-14/h1,3,5-7,11,13-14H,2,4,8-10H2,(H2,24,25,29). The van der Waals surface area contributed by atoms with Crippen LogP contribution in [-0.4, -0.2) is 37.2 Å². The number of hydrogen-bond donors (Lipinski definition) is 2. The van der Waals surface area contributed by atoms with Gasteiger partial charge in [0.2, 0.25) is 0 Å². The molecule has 0 radical (unpaired) electrons. The summed E-state index contributed by atoms with van der Waals surface area (Å²) < 4.78 is 31.2. The number of rotatable bonds is 3. The zero-order valence-corrected chi connectivity index (χ0v) is 15.6. The molecule has 0 aliphatic carbocycles. The van der Waals surface area contributed by atoms with E-state index in [4.69, 9.17) is 0 Å². The number of nitrogens with zero attached hydrogens (tertiary/aromatic N) is 4. The summed E-state index contributed by atoms with van der Waals surface area (Å²) in [6.07, 6.45) is 7.59. The number of aryl methyl sites for hydroxylation is 1. The van der Waals surface area contributed by atoms with E-state index in [0.717, 1.165) is 37.1 Å². The van der Waals surface area contributed by atoms with Gasteiger partial charge in [-0.05, 0) is 18.6 Å². The van der Waals surface area contributed by atoms with Crippen molar-refractivity contribution >= 4 is 6.03 Å². The molecule has 2 aliphatic heterocycles. The van der Waals surface area contributed by atoms with Crippen molar-refractivity contribution < 1.29 is 13.6 Å². The Morgan fingerprint density at radius 2 is 1.93 bits per heavy atom. The number of carbonyl (C=O) groups is 1. The summed E-state index contributed by atoms with van der Waals surface area (Å²) in [6, 6.07) is 3.28. The second-order valence-electron chi connectivity index (χ2n) is 7.57. The van der Waals surface area contributed by atoms with Crippen LogP contribution in [0.4, 0.5) is 13.6 Å². The van der Waals surface area contributed by atoms with Crippen molar-refractivity contribution in [3.8, 4) is 11.3 Å². The predicted molar refractivity (Wildman–Crippen MR) is 101 cm³/mol. The quantitative estimate of drug-likeness (QED) is 0.711. The Kier molecular flexibility index (Phi) is 4.30. The highest BCUT2D eigenvalue weighted by Gasteiger charge is 2.26. The smallest absolute Gasteiger partial charge is 0.315 e. The molecular weight excluding hydrogens is 378 g/mol. The van der Waals surface area contributed by atoms with Crippen LogP contribution in [0.15, 0.2) is 36.8 Å². The van der Waals surface area contributed by atoms with E-state index in [9.17, 15) is 13.6 Å². The van der Waals surface area contributed by atoms with Gasteiger partial charge in [0.05, 0.1) is 11.7 Å². The van der Waals surface area contributed by atoms with Gasteiger partial charge in [0, 0.05) is 62.2 Å². The minimum Gasteiger partial charge on any atom is -0.334 e. The van der Waals surface area contributed by atoms with Gasteiger partial charge in [-0.25, -0.2) is 23.5 Å². The normalized spacial score (nSPS) is 20.2. The summed E-state index contributed by atoms with van der Waals surface area (Å²) in [6.45, 7) is 1.29. The second kappa shape index (κ2) is 6.98. The summed E-state index contributed by atoms with van der Waals surface area (Å²) in [5, 5.41) is 6.03. The van der Waals surface area contributed by atoms with Crippen molar-refractivity contribution in [2.45, 2.75) is 44.4 Å². The first-order chi connectivity index (χ1) is 14.0. The highest BCUT2D eigenvalue weighted by Crippen LogP contribution is 2.25. The molecule has 9 heteroatoms. The zero-order valence-electron chi connectivity index (χ0n) is 15.6. The fourth-order valence-electron chi connectivity index (χ4n) is 4.12. The molecule has 0 bridgehead atoms. The van der Waals surface area contributed by atoms with E-state index in [1.54, 1.807) is 12.4 Å². The van der Waals surface area contributed by atoms with Crippen LogP contribution in [0.25, 0.3) is 11.3 Å². The van der Waals surface area contributed by atoms with Crippen molar-refractivity contribution in [3.05, 3.63) is 60.1 Å². The highest BCUT2D eigenvalue weighted by molar-refractivity contribution is 5.74. The Hall–Kier alpha value is -3.23. The lowest BCUT2D eigenvalue weighted by atomic mass is 10.1. The van der Waals surface area contributed by atoms with Crippen LogP contribution in [0.1, 0.15) is 18.1 Å². The maximum atomic E-state index is 14.1. The van der Waals surface area contributed by atoms with Crippen molar-refractivity contribution in [1.82, 2.24) is 29.7 Å². The Morgan fingerprint density at radius 1 is 1.10 bits per heavy atom. The van der Waals surface area contributed by atoms with Gasteiger partial charge in [-0.3, -0.25) is 0 Å². The zero-order chi connectivity index (χ0) is 20.0. The average molecular weight is 398 g/mol. The lowest BCUT2D eigenvalue weighted by molar-refractivity contribution is 0.228. The number of aromatic nitrogens is 4. The molecule has 2 atom stereocenters. The molecule has 2 aromatic heterocycles. The van der Waals surface area contributed by atoms with Crippen molar-refractivity contribution in [1.29, 1.82) is 0 Å². The Labute approximate surface area is 165 Å². The Balaban J connectivity index is 1.21. The second-order valence-corrected chi connectivity index (χ2v) is 7.57. The first-order valence-electron chi connectivity index (χ1n) is 9.63. The summed E-state index contributed by atoms with van der Waals surface area (Å²) >= 11 is 0. The van der Waals surface area contributed by atoms with Crippen molar-refractivity contribution in [2.24, 2.45) is 0 Å². The number of carbonyl (C=O) groups excluding carboxylic acids is 1. The largest absolute Gasteiger partial charge is 0.334 e. The van der Waals surface area contributed by atoms with E-state index in [1.807, 2.05) is 15.3 Å². The fourth-order valence-corrected chi connectivity index (χ4v) is 4.12. The molecule has 1 aromatic carbocycles. The first kappa shape index (κ1) is 17.8. The molecule has 0 saturated carbocycles. The lowest BCUT2D eigenvalue weighted by Gasteiger charge is -2.25. The summed E-state index contributed by atoms with van der Waals surface area (Å²) in [5.41, 5.74) is 0.747. The molecule has 0 saturated heterocycles. The van der Waals surface area contributed by atoms with Crippen LogP contribution < -0.4 is 10.6 Å². The van der Waals surface area contributed by atoms with Gasteiger partial charge in [0.1, 0.15) is 23.3 Å². The minimum atomic E-state index is -0.633.